The summed E-state index contributed by atoms with van der Waals surface area (Å²) in [7, 11) is 2.01. The molecule has 0 spiro atoms. The predicted molar refractivity (Wildman–Crippen MR) is 52.9 cm³/mol. The summed E-state index contributed by atoms with van der Waals surface area (Å²) in [5.74, 6) is 0. The van der Waals surface area contributed by atoms with E-state index < -0.39 is 0 Å². The lowest BCUT2D eigenvalue weighted by Crippen LogP contribution is -2.38. The first-order chi connectivity index (χ1) is 6.77. The van der Waals surface area contributed by atoms with Gasteiger partial charge in [-0.1, -0.05) is 0 Å². The van der Waals surface area contributed by atoms with Gasteiger partial charge in [0, 0.05) is 25.5 Å². The van der Waals surface area contributed by atoms with E-state index >= 15 is 0 Å². The van der Waals surface area contributed by atoms with Gasteiger partial charge in [0.05, 0.1) is 25.4 Å². The van der Waals surface area contributed by atoms with E-state index in [0.29, 0.717) is 13.2 Å². The maximum Gasteiger partial charge on any atom is 0.0948 e. The van der Waals surface area contributed by atoms with Gasteiger partial charge in [-0.2, -0.15) is 0 Å². The Morgan fingerprint density at radius 3 is 3.07 bits per heavy atom. The highest BCUT2D eigenvalue weighted by Gasteiger charge is 2.25. The van der Waals surface area contributed by atoms with Crippen molar-refractivity contribution in [3.8, 4) is 0 Å². The van der Waals surface area contributed by atoms with Crippen LogP contribution in [0.1, 0.15) is 5.69 Å². The average Bonchev–Trinajstić information content (AvgIpc) is 2.72. The molecule has 4 heteroatoms. The molecule has 0 aromatic carbocycles. The summed E-state index contributed by atoms with van der Waals surface area (Å²) in [5, 5.41) is 12.8. The SMILES string of the molecule is Cn1cccc1CNC1COCC1O. The van der Waals surface area contributed by atoms with Gasteiger partial charge in [-0.05, 0) is 12.1 Å². The highest BCUT2D eigenvalue weighted by molar-refractivity contribution is 5.06. The molecule has 1 aromatic rings. The third kappa shape index (κ3) is 1.97. The van der Waals surface area contributed by atoms with Crippen molar-refractivity contribution in [1.82, 2.24) is 9.88 Å². The highest BCUT2D eigenvalue weighted by Crippen LogP contribution is 2.06. The topological polar surface area (TPSA) is 46.4 Å². The van der Waals surface area contributed by atoms with Gasteiger partial charge in [-0.3, -0.25) is 0 Å². The Morgan fingerprint density at radius 1 is 1.64 bits per heavy atom. The van der Waals surface area contributed by atoms with Crippen LogP contribution in [0, 0.1) is 0 Å². The summed E-state index contributed by atoms with van der Waals surface area (Å²) in [5.41, 5.74) is 1.21. The first kappa shape index (κ1) is 9.71. The van der Waals surface area contributed by atoms with Crippen LogP contribution in [0.2, 0.25) is 0 Å². The molecule has 0 aliphatic carbocycles. The Bertz CT molecular complexity index is 298. The molecule has 1 saturated heterocycles. The molecule has 4 nitrogen and oxygen atoms in total. The van der Waals surface area contributed by atoms with Crippen molar-refractivity contribution < 1.29 is 9.84 Å². The lowest BCUT2D eigenvalue weighted by Gasteiger charge is -2.14. The van der Waals surface area contributed by atoms with Crippen LogP contribution in [0.5, 0.6) is 0 Å². The average molecular weight is 196 g/mol. The zero-order valence-electron chi connectivity index (χ0n) is 8.31. The van der Waals surface area contributed by atoms with Crippen LogP contribution < -0.4 is 5.32 Å². The van der Waals surface area contributed by atoms with Crippen molar-refractivity contribution in [3.63, 3.8) is 0 Å². The van der Waals surface area contributed by atoms with Gasteiger partial charge < -0.3 is 19.7 Å². The molecule has 0 saturated carbocycles. The number of aliphatic hydroxyl groups is 1. The maximum absolute atomic E-state index is 9.49. The number of nitrogens with zero attached hydrogens (tertiary/aromatic N) is 1. The summed E-state index contributed by atoms with van der Waals surface area (Å²) >= 11 is 0. The molecular formula is C10H16N2O2. The fourth-order valence-electron chi connectivity index (χ4n) is 1.65. The predicted octanol–water partition coefficient (Wildman–Crippen LogP) is -0.126. The zero-order valence-corrected chi connectivity index (χ0v) is 8.31. The summed E-state index contributed by atoms with van der Waals surface area (Å²) in [6.45, 7) is 1.82. The molecule has 1 aliphatic rings. The summed E-state index contributed by atoms with van der Waals surface area (Å²) in [4.78, 5) is 0. The fraction of sp³-hybridized carbons (Fsp3) is 0.600. The number of ether oxygens (including phenoxy) is 1. The first-order valence-electron chi connectivity index (χ1n) is 4.87. The van der Waals surface area contributed by atoms with Crippen molar-refractivity contribution >= 4 is 0 Å². The second kappa shape index (κ2) is 4.13. The number of aromatic nitrogens is 1. The Labute approximate surface area is 83.5 Å². The largest absolute Gasteiger partial charge is 0.389 e. The number of aliphatic hydroxyl groups excluding tert-OH is 1. The summed E-state index contributed by atoms with van der Waals surface area (Å²) in [6.07, 6.45) is 1.65. The van der Waals surface area contributed by atoms with E-state index in [0.717, 1.165) is 6.54 Å². The zero-order chi connectivity index (χ0) is 9.97. The number of hydrogen-bond acceptors (Lipinski definition) is 3. The smallest absolute Gasteiger partial charge is 0.0948 e. The van der Waals surface area contributed by atoms with Gasteiger partial charge in [0.25, 0.3) is 0 Å². The molecular weight excluding hydrogens is 180 g/mol. The number of aryl methyl sites for hydroxylation is 1. The van der Waals surface area contributed by atoms with E-state index in [2.05, 4.69) is 16.0 Å². The van der Waals surface area contributed by atoms with Gasteiger partial charge in [0.15, 0.2) is 0 Å². The Hall–Kier alpha value is -0.840. The standard InChI is InChI=1S/C10H16N2O2/c1-12-4-2-3-8(12)5-11-9-6-14-7-10(9)13/h2-4,9-11,13H,5-7H2,1H3. The number of nitrogens with one attached hydrogen (secondary N) is 1. The van der Waals surface area contributed by atoms with E-state index in [1.807, 2.05) is 19.3 Å². The molecule has 2 unspecified atom stereocenters. The molecule has 78 valence electrons. The number of rotatable bonds is 3. The lowest BCUT2D eigenvalue weighted by atomic mass is 10.2. The molecule has 14 heavy (non-hydrogen) atoms. The Balaban J connectivity index is 1.85. The quantitative estimate of drug-likeness (QED) is 0.708. The third-order valence-electron chi connectivity index (χ3n) is 2.65. The van der Waals surface area contributed by atoms with Crippen LogP contribution in [0.15, 0.2) is 18.3 Å². The van der Waals surface area contributed by atoms with E-state index in [1.165, 1.54) is 5.69 Å². The van der Waals surface area contributed by atoms with Crippen molar-refractivity contribution in [1.29, 1.82) is 0 Å². The molecule has 1 aliphatic heterocycles. The molecule has 2 rings (SSSR count). The number of hydrogen-bond donors (Lipinski definition) is 2. The van der Waals surface area contributed by atoms with Gasteiger partial charge in [0.2, 0.25) is 0 Å². The van der Waals surface area contributed by atoms with Gasteiger partial charge in [-0.15, -0.1) is 0 Å². The molecule has 2 N–H and O–H groups in total. The molecule has 0 amide bonds. The van der Waals surface area contributed by atoms with Crippen molar-refractivity contribution in [3.05, 3.63) is 24.0 Å². The second-order valence-corrected chi connectivity index (χ2v) is 3.70. The van der Waals surface area contributed by atoms with Crippen LogP contribution in [-0.2, 0) is 18.3 Å². The van der Waals surface area contributed by atoms with Crippen molar-refractivity contribution in [2.24, 2.45) is 7.05 Å². The van der Waals surface area contributed by atoms with Gasteiger partial charge >= 0.3 is 0 Å². The summed E-state index contributed by atoms with van der Waals surface area (Å²) in [6, 6.07) is 4.15. The van der Waals surface area contributed by atoms with Crippen LogP contribution >= 0.6 is 0 Å². The lowest BCUT2D eigenvalue weighted by molar-refractivity contribution is 0.122. The minimum atomic E-state index is -0.365. The van der Waals surface area contributed by atoms with Gasteiger partial charge in [0.1, 0.15) is 0 Å². The molecule has 2 heterocycles. The molecule has 1 aromatic heterocycles. The van der Waals surface area contributed by atoms with Crippen molar-refractivity contribution in [2.75, 3.05) is 13.2 Å². The second-order valence-electron chi connectivity index (χ2n) is 3.70. The highest BCUT2D eigenvalue weighted by atomic mass is 16.5. The van der Waals surface area contributed by atoms with E-state index in [1.54, 1.807) is 0 Å². The minimum absolute atomic E-state index is 0.0740. The Morgan fingerprint density at radius 2 is 2.50 bits per heavy atom. The first-order valence-corrected chi connectivity index (χ1v) is 4.87. The summed E-state index contributed by atoms with van der Waals surface area (Å²) < 4.78 is 7.21. The monoisotopic (exact) mass is 196 g/mol. The normalized spacial score (nSPS) is 27.0. The molecule has 1 fully saturated rings. The fourth-order valence-corrected chi connectivity index (χ4v) is 1.65. The van der Waals surface area contributed by atoms with Crippen LogP contribution in [0.4, 0.5) is 0 Å². The van der Waals surface area contributed by atoms with Crippen molar-refractivity contribution in [2.45, 2.75) is 18.7 Å². The minimum Gasteiger partial charge on any atom is -0.389 e. The van der Waals surface area contributed by atoms with Gasteiger partial charge in [-0.25, -0.2) is 0 Å². The van der Waals surface area contributed by atoms with E-state index in [9.17, 15) is 5.11 Å². The molecule has 0 bridgehead atoms. The van der Waals surface area contributed by atoms with E-state index in [-0.39, 0.29) is 12.1 Å². The maximum atomic E-state index is 9.49. The molecule has 2 atom stereocenters. The van der Waals surface area contributed by atoms with E-state index in [4.69, 9.17) is 4.74 Å². The Kier molecular flexibility index (Phi) is 2.86. The van der Waals surface area contributed by atoms with Crippen LogP contribution in [-0.4, -0.2) is 35.0 Å². The third-order valence-corrected chi connectivity index (χ3v) is 2.65. The molecule has 0 radical (unpaired) electrons. The van der Waals surface area contributed by atoms with Crippen LogP contribution in [0.3, 0.4) is 0 Å². The van der Waals surface area contributed by atoms with Crippen LogP contribution in [0.25, 0.3) is 0 Å².